The summed E-state index contributed by atoms with van der Waals surface area (Å²) >= 11 is 0. The SMILES string of the molecule is Cc1ccc(C2(O)CCCCC2C)cc1C. The van der Waals surface area contributed by atoms with Crippen LogP contribution >= 0.6 is 0 Å². The monoisotopic (exact) mass is 218 g/mol. The molecule has 0 spiro atoms. The van der Waals surface area contributed by atoms with Crippen LogP contribution in [0.3, 0.4) is 0 Å². The first kappa shape index (κ1) is 11.7. The summed E-state index contributed by atoms with van der Waals surface area (Å²) in [5, 5.41) is 10.8. The second kappa shape index (κ2) is 4.21. The number of rotatable bonds is 1. The third kappa shape index (κ3) is 1.89. The van der Waals surface area contributed by atoms with E-state index in [1.807, 2.05) is 0 Å². The normalized spacial score (nSPS) is 30.4. The predicted octanol–water partition coefficient (Wildman–Crippen LogP) is 3.70. The quantitative estimate of drug-likeness (QED) is 0.762. The van der Waals surface area contributed by atoms with E-state index in [-0.39, 0.29) is 0 Å². The molecule has 0 aliphatic heterocycles. The Morgan fingerprint density at radius 3 is 2.56 bits per heavy atom. The van der Waals surface area contributed by atoms with E-state index in [4.69, 9.17) is 0 Å². The van der Waals surface area contributed by atoms with E-state index in [0.29, 0.717) is 5.92 Å². The van der Waals surface area contributed by atoms with Gasteiger partial charge in [0.15, 0.2) is 0 Å². The molecule has 2 unspecified atom stereocenters. The van der Waals surface area contributed by atoms with Gasteiger partial charge in [0.05, 0.1) is 5.60 Å². The van der Waals surface area contributed by atoms with Gasteiger partial charge >= 0.3 is 0 Å². The molecular weight excluding hydrogens is 196 g/mol. The van der Waals surface area contributed by atoms with Crippen LogP contribution in [-0.2, 0) is 5.60 Å². The van der Waals surface area contributed by atoms with E-state index < -0.39 is 5.60 Å². The van der Waals surface area contributed by atoms with Crippen molar-refractivity contribution in [3.05, 3.63) is 34.9 Å². The molecule has 1 aliphatic rings. The molecule has 2 rings (SSSR count). The Morgan fingerprint density at radius 1 is 1.19 bits per heavy atom. The summed E-state index contributed by atoms with van der Waals surface area (Å²) in [4.78, 5) is 0. The highest BCUT2D eigenvalue weighted by atomic mass is 16.3. The van der Waals surface area contributed by atoms with Gasteiger partial charge in [-0.25, -0.2) is 0 Å². The highest BCUT2D eigenvalue weighted by Crippen LogP contribution is 2.41. The zero-order chi connectivity index (χ0) is 11.8. The van der Waals surface area contributed by atoms with Crippen molar-refractivity contribution in [3.8, 4) is 0 Å². The van der Waals surface area contributed by atoms with Crippen LogP contribution in [0.5, 0.6) is 0 Å². The lowest BCUT2D eigenvalue weighted by Crippen LogP contribution is -2.36. The van der Waals surface area contributed by atoms with Gasteiger partial charge in [-0.2, -0.15) is 0 Å². The van der Waals surface area contributed by atoms with Gasteiger partial charge < -0.3 is 5.11 Å². The minimum atomic E-state index is -0.587. The fourth-order valence-electron chi connectivity index (χ4n) is 2.77. The zero-order valence-corrected chi connectivity index (χ0v) is 10.6. The number of hydrogen-bond donors (Lipinski definition) is 1. The molecule has 0 aromatic heterocycles. The third-order valence-electron chi connectivity index (χ3n) is 4.27. The predicted molar refractivity (Wildman–Crippen MR) is 67.4 cm³/mol. The van der Waals surface area contributed by atoms with Crippen molar-refractivity contribution in [1.82, 2.24) is 0 Å². The summed E-state index contributed by atoms with van der Waals surface area (Å²) in [5.41, 5.74) is 3.11. The van der Waals surface area contributed by atoms with E-state index in [9.17, 15) is 5.11 Å². The standard InChI is InChI=1S/C15H22O/c1-11-7-8-14(10-12(11)2)15(16)9-5-4-6-13(15)3/h7-8,10,13,16H,4-6,9H2,1-3H3. The van der Waals surface area contributed by atoms with Crippen LogP contribution in [-0.4, -0.2) is 5.11 Å². The molecule has 88 valence electrons. The van der Waals surface area contributed by atoms with Gasteiger partial charge in [0.1, 0.15) is 0 Å². The minimum Gasteiger partial charge on any atom is -0.385 e. The van der Waals surface area contributed by atoms with Gasteiger partial charge in [0, 0.05) is 0 Å². The lowest BCUT2D eigenvalue weighted by molar-refractivity contribution is -0.0470. The highest BCUT2D eigenvalue weighted by Gasteiger charge is 2.37. The Morgan fingerprint density at radius 2 is 1.94 bits per heavy atom. The second-order valence-electron chi connectivity index (χ2n) is 5.37. The Balaban J connectivity index is 2.37. The molecule has 2 atom stereocenters. The Labute approximate surface area is 98.5 Å². The molecule has 1 aliphatic carbocycles. The maximum atomic E-state index is 10.8. The molecule has 16 heavy (non-hydrogen) atoms. The van der Waals surface area contributed by atoms with Crippen LogP contribution in [0.15, 0.2) is 18.2 Å². The smallest absolute Gasteiger partial charge is 0.0922 e. The molecule has 1 fully saturated rings. The molecule has 0 amide bonds. The number of aryl methyl sites for hydroxylation is 2. The van der Waals surface area contributed by atoms with Crippen molar-refractivity contribution in [2.24, 2.45) is 5.92 Å². The molecule has 0 bridgehead atoms. The Kier molecular flexibility index (Phi) is 3.07. The van der Waals surface area contributed by atoms with E-state index in [1.54, 1.807) is 0 Å². The summed E-state index contributed by atoms with van der Waals surface area (Å²) in [6, 6.07) is 6.39. The average molecular weight is 218 g/mol. The molecular formula is C15H22O. The van der Waals surface area contributed by atoms with Gasteiger partial charge in [0.25, 0.3) is 0 Å². The molecule has 0 radical (unpaired) electrons. The Bertz CT molecular complexity index is 383. The summed E-state index contributed by atoms with van der Waals surface area (Å²) in [6.07, 6.45) is 4.46. The number of aliphatic hydroxyl groups is 1. The van der Waals surface area contributed by atoms with Gasteiger partial charge in [0.2, 0.25) is 0 Å². The van der Waals surface area contributed by atoms with Gasteiger partial charge in [-0.1, -0.05) is 38.0 Å². The maximum Gasteiger partial charge on any atom is 0.0922 e. The van der Waals surface area contributed by atoms with Crippen LogP contribution in [0.4, 0.5) is 0 Å². The molecule has 1 saturated carbocycles. The van der Waals surface area contributed by atoms with E-state index in [1.165, 1.54) is 17.5 Å². The van der Waals surface area contributed by atoms with E-state index in [0.717, 1.165) is 24.8 Å². The largest absolute Gasteiger partial charge is 0.385 e. The first-order valence-electron chi connectivity index (χ1n) is 6.34. The topological polar surface area (TPSA) is 20.2 Å². The van der Waals surface area contributed by atoms with Gasteiger partial charge in [-0.05, 0) is 49.3 Å². The molecule has 1 aromatic rings. The molecule has 1 heteroatoms. The molecule has 0 saturated heterocycles. The summed E-state index contributed by atoms with van der Waals surface area (Å²) in [6.45, 7) is 6.41. The van der Waals surface area contributed by atoms with Gasteiger partial charge in [-0.3, -0.25) is 0 Å². The van der Waals surface area contributed by atoms with E-state index >= 15 is 0 Å². The molecule has 1 nitrogen and oxygen atoms in total. The summed E-state index contributed by atoms with van der Waals surface area (Å²) in [5.74, 6) is 0.378. The molecule has 1 N–H and O–H groups in total. The van der Waals surface area contributed by atoms with Crippen LogP contribution in [0.1, 0.15) is 49.3 Å². The third-order valence-corrected chi connectivity index (χ3v) is 4.27. The van der Waals surface area contributed by atoms with Crippen LogP contribution in [0.25, 0.3) is 0 Å². The van der Waals surface area contributed by atoms with Crippen molar-refractivity contribution < 1.29 is 5.11 Å². The van der Waals surface area contributed by atoms with Crippen molar-refractivity contribution in [2.45, 2.75) is 52.1 Å². The maximum absolute atomic E-state index is 10.8. The zero-order valence-electron chi connectivity index (χ0n) is 10.6. The fourth-order valence-corrected chi connectivity index (χ4v) is 2.77. The van der Waals surface area contributed by atoms with E-state index in [2.05, 4.69) is 39.0 Å². The number of hydrogen-bond acceptors (Lipinski definition) is 1. The van der Waals surface area contributed by atoms with Crippen LogP contribution in [0, 0.1) is 19.8 Å². The molecule has 0 heterocycles. The first-order chi connectivity index (χ1) is 7.54. The number of benzene rings is 1. The van der Waals surface area contributed by atoms with Gasteiger partial charge in [-0.15, -0.1) is 0 Å². The lowest BCUT2D eigenvalue weighted by atomic mass is 9.72. The van der Waals surface area contributed by atoms with Crippen molar-refractivity contribution in [3.63, 3.8) is 0 Å². The minimum absolute atomic E-state index is 0.378. The molecule has 1 aromatic carbocycles. The summed E-state index contributed by atoms with van der Waals surface area (Å²) < 4.78 is 0. The average Bonchev–Trinajstić information content (AvgIpc) is 2.26. The van der Waals surface area contributed by atoms with Crippen molar-refractivity contribution >= 4 is 0 Å². The lowest BCUT2D eigenvalue weighted by Gasteiger charge is -2.39. The fraction of sp³-hybridized carbons (Fsp3) is 0.600. The van der Waals surface area contributed by atoms with Crippen LogP contribution < -0.4 is 0 Å². The first-order valence-corrected chi connectivity index (χ1v) is 6.34. The van der Waals surface area contributed by atoms with Crippen molar-refractivity contribution in [2.75, 3.05) is 0 Å². The highest BCUT2D eigenvalue weighted by molar-refractivity contribution is 5.33. The summed E-state index contributed by atoms with van der Waals surface area (Å²) in [7, 11) is 0. The van der Waals surface area contributed by atoms with Crippen molar-refractivity contribution in [1.29, 1.82) is 0 Å². The Hall–Kier alpha value is -0.820. The van der Waals surface area contributed by atoms with Crippen LogP contribution in [0.2, 0.25) is 0 Å². The second-order valence-corrected chi connectivity index (χ2v) is 5.37.